The first kappa shape index (κ1) is 29.4. The molecule has 11 heteroatoms. The van der Waals surface area contributed by atoms with Crippen molar-refractivity contribution in [1.82, 2.24) is 4.90 Å². The van der Waals surface area contributed by atoms with Crippen molar-refractivity contribution in [3.63, 3.8) is 0 Å². The molecule has 0 radical (unpaired) electrons. The third-order valence-electron chi connectivity index (χ3n) is 5.69. The first-order chi connectivity index (χ1) is 17.3. The molecule has 0 spiro atoms. The van der Waals surface area contributed by atoms with Gasteiger partial charge in [0.15, 0.2) is 0 Å². The number of amides is 3. The van der Waals surface area contributed by atoms with Crippen molar-refractivity contribution < 1.29 is 28.6 Å². The Hall–Kier alpha value is -3.19. The van der Waals surface area contributed by atoms with Crippen molar-refractivity contribution in [2.75, 3.05) is 22.9 Å². The first-order valence-electron chi connectivity index (χ1n) is 12.6. The summed E-state index contributed by atoms with van der Waals surface area (Å²) in [6.07, 6.45) is -1.50. The zero-order valence-electron chi connectivity index (χ0n) is 23.5. The summed E-state index contributed by atoms with van der Waals surface area (Å²) in [4.78, 5) is 43.5. The number of benzene rings is 1. The number of halogens is 1. The molecule has 4 rings (SSSR count). The summed E-state index contributed by atoms with van der Waals surface area (Å²) < 4.78 is 16.5. The highest BCUT2D eigenvalue weighted by molar-refractivity contribution is 6.37. The molecule has 38 heavy (non-hydrogen) atoms. The SMILES string of the molecule is CC(C)(C)OC(=O)N(C(=O)OC(C)(C)C)c1cc(C#N)cc(N2CC3CC(C2)N3C(=O)OC(C)(C)C)c1Cl. The number of nitrogens with zero attached hydrogens (tertiary/aromatic N) is 4. The molecule has 0 saturated carbocycles. The highest BCUT2D eigenvalue weighted by Gasteiger charge is 2.49. The molecule has 2 atom stereocenters. The molecule has 10 nitrogen and oxygen atoms in total. The van der Waals surface area contributed by atoms with E-state index in [4.69, 9.17) is 25.8 Å². The minimum absolute atomic E-state index is 0.0209. The lowest BCUT2D eigenvalue weighted by Crippen LogP contribution is -2.70. The van der Waals surface area contributed by atoms with E-state index >= 15 is 0 Å². The van der Waals surface area contributed by atoms with Crippen molar-refractivity contribution in [2.24, 2.45) is 0 Å². The van der Waals surface area contributed by atoms with E-state index < -0.39 is 29.0 Å². The smallest absolute Gasteiger partial charge is 0.424 e. The van der Waals surface area contributed by atoms with Gasteiger partial charge in [0.05, 0.1) is 40.1 Å². The van der Waals surface area contributed by atoms with Gasteiger partial charge in [-0.3, -0.25) is 4.90 Å². The number of piperazine rings is 1. The molecule has 1 aromatic rings. The highest BCUT2D eigenvalue weighted by atomic mass is 35.5. The molecule has 0 aromatic heterocycles. The number of imide groups is 1. The van der Waals surface area contributed by atoms with Crippen LogP contribution in [0.5, 0.6) is 0 Å². The van der Waals surface area contributed by atoms with Gasteiger partial charge in [-0.2, -0.15) is 10.2 Å². The molecule has 3 fully saturated rings. The minimum atomic E-state index is -0.979. The molecule has 2 unspecified atom stereocenters. The van der Waals surface area contributed by atoms with Crippen LogP contribution >= 0.6 is 11.6 Å². The van der Waals surface area contributed by atoms with Crippen LogP contribution < -0.4 is 9.80 Å². The second kappa shape index (κ2) is 10.2. The Morgan fingerprint density at radius 1 is 0.895 bits per heavy atom. The van der Waals surface area contributed by atoms with Crippen LogP contribution in [0, 0.1) is 11.3 Å². The lowest BCUT2D eigenvalue weighted by Gasteiger charge is -2.56. The molecular formula is C27H37ClN4O6. The molecule has 3 amide bonds. The molecule has 2 bridgehead atoms. The molecule has 0 N–H and O–H groups in total. The second-order valence-electron chi connectivity index (χ2n) is 12.6. The fraction of sp³-hybridized carbons (Fsp3) is 0.630. The Balaban J connectivity index is 1.97. The summed E-state index contributed by atoms with van der Waals surface area (Å²) in [7, 11) is 0. The second-order valence-corrected chi connectivity index (χ2v) is 13.0. The largest absolute Gasteiger partial charge is 0.444 e. The number of rotatable bonds is 2. The van der Waals surface area contributed by atoms with E-state index in [0.717, 1.165) is 11.3 Å². The molecular weight excluding hydrogens is 512 g/mol. The number of hydrogen-bond donors (Lipinski definition) is 0. The van der Waals surface area contributed by atoms with E-state index in [-0.39, 0.29) is 34.5 Å². The van der Waals surface area contributed by atoms with Crippen LogP contribution in [0.1, 0.15) is 74.3 Å². The molecule has 3 saturated heterocycles. The lowest BCUT2D eigenvalue weighted by molar-refractivity contribution is -0.0379. The van der Waals surface area contributed by atoms with Gasteiger partial charge in [0.1, 0.15) is 16.8 Å². The number of carbonyl (C=O) groups excluding carboxylic acids is 3. The van der Waals surface area contributed by atoms with Gasteiger partial charge in [0.2, 0.25) is 0 Å². The van der Waals surface area contributed by atoms with Gasteiger partial charge in [-0.1, -0.05) is 11.6 Å². The number of nitriles is 1. The fourth-order valence-corrected chi connectivity index (χ4v) is 4.67. The Morgan fingerprint density at radius 2 is 1.37 bits per heavy atom. The maximum atomic E-state index is 13.2. The van der Waals surface area contributed by atoms with Crippen LogP contribution in [-0.2, 0) is 14.2 Å². The standard InChI is InChI=1S/C27H37ClN4O6/c1-25(2,3)36-22(33)31-17-12-18(31)15-30(14-17)19-10-16(13-29)11-20(21(19)28)32(23(34)37-26(4,5)6)24(35)38-27(7,8)9/h10-11,17-18H,12,14-15H2,1-9H3. The summed E-state index contributed by atoms with van der Waals surface area (Å²) in [6, 6.07) is 4.85. The van der Waals surface area contributed by atoms with Gasteiger partial charge >= 0.3 is 18.3 Å². The minimum Gasteiger partial charge on any atom is -0.444 e. The van der Waals surface area contributed by atoms with E-state index in [9.17, 15) is 19.6 Å². The fourth-order valence-electron chi connectivity index (χ4n) is 4.36. The van der Waals surface area contributed by atoms with Crippen LogP contribution in [0.4, 0.5) is 25.8 Å². The number of fused-ring (bicyclic) bond motifs is 2. The average molecular weight is 549 g/mol. The predicted molar refractivity (Wildman–Crippen MR) is 144 cm³/mol. The van der Waals surface area contributed by atoms with Crippen molar-refractivity contribution in [1.29, 1.82) is 5.26 Å². The van der Waals surface area contributed by atoms with Crippen molar-refractivity contribution >= 4 is 41.3 Å². The number of anilines is 2. The molecule has 3 heterocycles. The topological polar surface area (TPSA) is 112 Å². The van der Waals surface area contributed by atoms with Gasteiger partial charge in [0.25, 0.3) is 0 Å². The Morgan fingerprint density at radius 3 is 1.79 bits per heavy atom. The summed E-state index contributed by atoms with van der Waals surface area (Å²) in [5.74, 6) is 0. The lowest BCUT2D eigenvalue weighted by atomic mass is 9.87. The van der Waals surface area contributed by atoms with Gasteiger partial charge in [-0.15, -0.1) is 0 Å². The summed E-state index contributed by atoms with van der Waals surface area (Å²) >= 11 is 6.83. The van der Waals surface area contributed by atoms with Gasteiger partial charge in [-0.25, -0.2) is 14.4 Å². The normalized spacial score (nSPS) is 19.2. The monoisotopic (exact) mass is 548 g/mol. The van der Waals surface area contributed by atoms with E-state index in [2.05, 4.69) is 6.07 Å². The molecule has 1 aromatic carbocycles. The Bertz CT molecular complexity index is 1120. The number of ether oxygens (including phenoxy) is 3. The third kappa shape index (κ3) is 6.81. The third-order valence-corrected chi connectivity index (χ3v) is 6.08. The molecule has 3 aliphatic rings. The predicted octanol–water partition coefficient (Wildman–Crippen LogP) is 6.09. The van der Waals surface area contributed by atoms with Crippen LogP contribution in [0.3, 0.4) is 0 Å². The van der Waals surface area contributed by atoms with Gasteiger partial charge in [0, 0.05) is 13.1 Å². The quantitative estimate of drug-likeness (QED) is 0.408. The Labute approximate surface area is 229 Å². The van der Waals surface area contributed by atoms with E-state index in [0.29, 0.717) is 18.8 Å². The summed E-state index contributed by atoms with van der Waals surface area (Å²) in [6.45, 7) is 16.4. The Kier molecular flexibility index (Phi) is 7.86. The zero-order chi connectivity index (χ0) is 28.8. The van der Waals surface area contributed by atoms with E-state index in [1.807, 2.05) is 25.7 Å². The van der Waals surface area contributed by atoms with Crippen LogP contribution in [0.25, 0.3) is 0 Å². The summed E-state index contributed by atoms with van der Waals surface area (Å²) in [5.41, 5.74) is -1.77. The number of hydrogen-bond acceptors (Lipinski definition) is 8. The average Bonchev–Trinajstić information content (AvgIpc) is 2.71. The molecule has 208 valence electrons. The van der Waals surface area contributed by atoms with Crippen molar-refractivity contribution in [3.05, 3.63) is 22.7 Å². The van der Waals surface area contributed by atoms with E-state index in [1.165, 1.54) is 6.07 Å². The highest BCUT2D eigenvalue weighted by Crippen LogP contribution is 2.42. The van der Waals surface area contributed by atoms with Gasteiger partial charge in [-0.05, 0) is 80.9 Å². The van der Waals surface area contributed by atoms with Gasteiger partial charge < -0.3 is 19.1 Å². The van der Waals surface area contributed by atoms with E-state index in [1.54, 1.807) is 52.5 Å². The molecule has 3 aliphatic heterocycles. The maximum Gasteiger partial charge on any atom is 0.424 e. The molecule has 0 aliphatic carbocycles. The zero-order valence-corrected chi connectivity index (χ0v) is 24.3. The number of piperidine rings is 1. The summed E-state index contributed by atoms with van der Waals surface area (Å²) in [5, 5.41) is 9.85. The van der Waals surface area contributed by atoms with Crippen LogP contribution in [-0.4, -0.2) is 65.2 Å². The van der Waals surface area contributed by atoms with Crippen molar-refractivity contribution in [3.8, 4) is 6.07 Å². The number of carbonyl (C=O) groups is 3. The maximum absolute atomic E-state index is 13.2. The van der Waals surface area contributed by atoms with Crippen LogP contribution in [0.15, 0.2) is 12.1 Å². The van der Waals surface area contributed by atoms with Crippen molar-refractivity contribution in [2.45, 2.75) is 97.6 Å². The first-order valence-corrected chi connectivity index (χ1v) is 12.9. The van der Waals surface area contributed by atoms with Crippen LogP contribution in [0.2, 0.25) is 5.02 Å².